The third kappa shape index (κ3) is 3.43. The van der Waals surface area contributed by atoms with E-state index in [0.717, 1.165) is 19.3 Å². The Balaban J connectivity index is 1.42. The van der Waals surface area contributed by atoms with Gasteiger partial charge in [0.25, 0.3) is 0 Å². The van der Waals surface area contributed by atoms with Gasteiger partial charge in [0.2, 0.25) is 5.88 Å². The quantitative estimate of drug-likeness (QED) is 0.651. The van der Waals surface area contributed by atoms with Gasteiger partial charge in [-0.05, 0) is 51.3 Å². The zero-order valence-corrected chi connectivity index (χ0v) is 18.4. The SMILES string of the molecule is Cn1ccc(=O)c2cc(O)c(-c3ccc(O[C@H]4C[C@]5(C)CCC[C@@](C)(N5)[C@H]4F)nn3)cc21. The molecule has 2 aliphatic rings. The van der Waals surface area contributed by atoms with Crippen molar-refractivity contribution in [2.75, 3.05) is 0 Å². The van der Waals surface area contributed by atoms with Crippen LogP contribution in [0.15, 0.2) is 41.3 Å². The van der Waals surface area contributed by atoms with Crippen LogP contribution in [0.5, 0.6) is 11.6 Å². The number of benzene rings is 1. The summed E-state index contributed by atoms with van der Waals surface area (Å²) < 4.78 is 23.0. The van der Waals surface area contributed by atoms with Crippen LogP contribution in [0.4, 0.5) is 4.39 Å². The number of phenolic OH excluding ortho intramolecular Hbond substituents is 1. The lowest BCUT2D eigenvalue weighted by Crippen LogP contribution is -2.71. The van der Waals surface area contributed by atoms with E-state index in [-0.39, 0.29) is 22.6 Å². The second-order valence-electron chi connectivity index (χ2n) is 9.65. The number of alkyl halides is 1. The zero-order valence-electron chi connectivity index (χ0n) is 18.4. The highest BCUT2D eigenvalue weighted by Gasteiger charge is 2.53. The summed E-state index contributed by atoms with van der Waals surface area (Å²) in [6.07, 6.45) is 3.26. The molecule has 0 amide bonds. The number of pyridine rings is 1. The number of hydrogen-bond donors (Lipinski definition) is 2. The Labute approximate surface area is 185 Å². The van der Waals surface area contributed by atoms with Crippen LogP contribution in [-0.2, 0) is 7.05 Å². The van der Waals surface area contributed by atoms with Crippen LogP contribution in [0.3, 0.4) is 0 Å². The molecule has 2 aromatic heterocycles. The zero-order chi connectivity index (χ0) is 22.7. The third-order valence-electron chi connectivity index (χ3n) is 7.00. The number of aromatic nitrogens is 3. The number of nitrogens with zero attached hydrogens (tertiary/aromatic N) is 3. The van der Waals surface area contributed by atoms with Crippen LogP contribution < -0.4 is 15.5 Å². The van der Waals surface area contributed by atoms with Crippen molar-refractivity contribution < 1.29 is 14.2 Å². The number of hydrogen-bond acceptors (Lipinski definition) is 6. The van der Waals surface area contributed by atoms with Crippen LogP contribution in [-0.4, -0.2) is 43.2 Å². The number of piperidine rings is 2. The van der Waals surface area contributed by atoms with Gasteiger partial charge >= 0.3 is 0 Å². The molecule has 32 heavy (non-hydrogen) atoms. The number of halogens is 1. The van der Waals surface area contributed by atoms with E-state index in [0.29, 0.717) is 28.6 Å². The molecule has 4 heterocycles. The molecule has 2 bridgehead atoms. The second-order valence-corrected chi connectivity index (χ2v) is 9.65. The molecule has 0 saturated carbocycles. The van der Waals surface area contributed by atoms with Crippen LogP contribution in [0, 0.1) is 0 Å². The minimum absolute atomic E-state index is 0.0559. The van der Waals surface area contributed by atoms with Crippen molar-refractivity contribution in [3.05, 3.63) is 46.8 Å². The monoisotopic (exact) mass is 438 g/mol. The van der Waals surface area contributed by atoms with E-state index in [1.807, 2.05) is 14.0 Å². The topological polar surface area (TPSA) is 89.3 Å². The van der Waals surface area contributed by atoms with Gasteiger partial charge in [-0.3, -0.25) is 4.79 Å². The maximum absolute atomic E-state index is 15.3. The highest BCUT2D eigenvalue weighted by atomic mass is 19.1. The molecule has 0 unspecified atom stereocenters. The molecule has 5 rings (SSSR count). The Kier molecular flexibility index (Phi) is 4.74. The smallest absolute Gasteiger partial charge is 0.233 e. The number of rotatable bonds is 3. The third-order valence-corrected chi connectivity index (χ3v) is 7.00. The van der Waals surface area contributed by atoms with Crippen molar-refractivity contribution in [2.24, 2.45) is 7.05 Å². The fourth-order valence-electron chi connectivity index (χ4n) is 5.38. The molecule has 0 radical (unpaired) electrons. The van der Waals surface area contributed by atoms with Gasteiger partial charge in [-0.2, -0.15) is 0 Å². The van der Waals surface area contributed by atoms with Crippen molar-refractivity contribution >= 4 is 10.9 Å². The van der Waals surface area contributed by atoms with Crippen LogP contribution in [0.2, 0.25) is 0 Å². The minimum atomic E-state index is -1.15. The molecule has 4 atom stereocenters. The van der Waals surface area contributed by atoms with Crippen LogP contribution in [0.25, 0.3) is 22.2 Å². The van der Waals surface area contributed by atoms with Gasteiger partial charge in [0.15, 0.2) is 11.6 Å². The largest absolute Gasteiger partial charge is 0.507 e. The molecule has 168 valence electrons. The normalized spacial score (nSPS) is 29.8. The van der Waals surface area contributed by atoms with Gasteiger partial charge in [-0.15, -0.1) is 10.2 Å². The van der Waals surface area contributed by atoms with E-state index in [2.05, 4.69) is 22.4 Å². The van der Waals surface area contributed by atoms with E-state index < -0.39 is 17.8 Å². The van der Waals surface area contributed by atoms with Crippen molar-refractivity contribution in [1.29, 1.82) is 0 Å². The molecule has 3 aromatic rings. The standard InChI is InChI=1S/C24H27FN4O3/c1-23-8-4-9-24(2,28-23)22(25)20(13-23)32-21-6-5-16(26-27-21)14-11-17-15(12-19(14)31)18(30)7-10-29(17)3/h5-7,10-12,20,22,28,31H,4,8-9,13H2,1-3H3/t20-,22-,23-,24+/m0/s1. The molecule has 2 saturated heterocycles. The van der Waals surface area contributed by atoms with E-state index in [4.69, 9.17) is 4.74 Å². The number of nitrogens with one attached hydrogen (secondary N) is 1. The van der Waals surface area contributed by atoms with Gasteiger partial charge in [0.1, 0.15) is 11.9 Å². The molecule has 8 heteroatoms. The Morgan fingerprint density at radius 1 is 1.22 bits per heavy atom. The molecule has 2 fully saturated rings. The number of aromatic hydroxyl groups is 1. The summed E-state index contributed by atoms with van der Waals surface area (Å²) in [5.74, 6) is 0.195. The summed E-state index contributed by atoms with van der Waals surface area (Å²) in [6, 6.07) is 7.95. The fourth-order valence-corrected chi connectivity index (χ4v) is 5.38. The lowest BCUT2D eigenvalue weighted by Gasteiger charge is -2.54. The summed E-state index contributed by atoms with van der Waals surface area (Å²) in [5.41, 5.74) is 0.653. The fraction of sp³-hybridized carbons (Fsp3) is 0.458. The molecule has 7 nitrogen and oxygen atoms in total. The van der Waals surface area contributed by atoms with Crippen LogP contribution >= 0.6 is 0 Å². The minimum Gasteiger partial charge on any atom is -0.507 e. The Morgan fingerprint density at radius 2 is 2.03 bits per heavy atom. The first kappa shape index (κ1) is 20.9. The van der Waals surface area contributed by atoms with Gasteiger partial charge in [-0.25, -0.2) is 4.39 Å². The first-order valence-corrected chi connectivity index (χ1v) is 10.9. The summed E-state index contributed by atoms with van der Waals surface area (Å²) >= 11 is 0. The maximum Gasteiger partial charge on any atom is 0.233 e. The molecular weight excluding hydrogens is 411 g/mol. The second kappa shape index (κ2) is 7.27. The average molecular weight is 439 g/mol. The lowest BCUT2D eigenvalue weighted by molar-refractivity contribution is -0.0626. The summed E-state index contributed by atoms with van der Waals surface area (Å²) in [4.78, 5) is 12.1. The average Bonchev–Trinajstić information content (AvgIpc) is 2.75. The van der Waals surface area contributed by atoms with Crippen molar-refractivity contribution in [1.82, 2.24) is 20.1 Å². The summed E-state index contributed by atoms with van der Waals surface area (Å²) in [6.45, 7) is 4.05. The summed E-state index contributed by atoms with van der Waals surface area (Å²) in [7, 11) is 1.83. The summed E-state index contributed by atoms with van der Waals surface area (Å²) in [5, 5.41) is 22.8. The number of phenols is 1. The predicted octanol–water partition coefficient (Wildman–Crippen LogP) is 3.48. The van der Waals surface area contributed by atoms with E-state index in [1.54, 1.807) is 29.0 Å². The van der Waals surface area contributed by atoms with Crippen molar-refractivity contribution in [3.8, 4) is 22.9 Å². The first-order valence-electron chi connectivity index (χ1n) is 10.9. The molecule has 2 N–H and O–H groups in total. The molecule has 1 aromatic carbocycles. The van der Waals surface area contributed by atoms with Gasteiger partial charge in [0.05, 0.1) is 16.7 Å². The van der Waals surface area contributed by atoms with Crippen molar-refractivity contribution in [3.63, 3.8) is 0 Å². The van der Waals surface area contributed by atoms with E-state index in [9.17, 15) is 9.90 Å². The molecular formula is C24H27FN4O3. The van der Waals surface area contributed by atoms with Gasteiger partial charge in [0, 0.05) is 48.3 Å². The highest BCUT2D eigenvalue weighted by Crippen LogP contribution is 2.42. The number of fused-ring (bicyclic) bond motifs is 3. The number of ether oxygens (including phenoxy) is 1. The molecule has 0 spiro atoms. The Hall–Kier alpha value is -3.00. The predicted molar refractivity (Wildman–Crippen MR) is 120 cm³/mol. The van der Waals surface area contributed by atoms with Gasteiger partial charge < -0.3 is 19.7 Å². The van der Waals surface area contributed by atoms with E-state index in [1.165, 1.54) is 12.1 Å². The highest BCUT2D eigenvalue weighted by molar-refractivity contribution is 5.87. The van der Waals surface area contributed by atoms with Gasteiger partial charge in [-0.1, -0.05) is 0 Å². The van der Waals surface area contributed by atoms with Crippen LogP contribution in [0.1, 0.15) is 39.5 Å². The molecule has 2 aliphatic heterocycles. The number of aryl methyl sites for hydroxylation is 1. The lowest BCUT2D eigenvalue weighted by atomic mass is 9.69. The van der Waals surface area contributed by atoms with Crippen molar-refractivity contribution in [2.45, 2.75) is 62.9 Å². The first-order chi connectivity index (χ1) is 15.2. The van der Waals surface area contributed by atoms with E-state index >= 15 is 4.39 Å². The maximum atomic E-state index is 15.3. The molecule has 0 aliphatic carbocycles. The Morgan fingerprint density at radius 3 is 2.78 bits per heavy atom. The Bertz CT molecular complexity index is 1240.